The van der Waals surface area contributed by atoms with Gasteiger partial charge < -0.3 is 4.90 Å². The molecule has 0 aromatic rings. The molecule has 0 aliphatic carbocycles. The fourth-order valence-electron chi connectivity index (χ4n) is 2.33. The first-order chi connectivity index (χ1) is 6.33. The summed E-state index contributed by atoms with van der Waals surface area (Å²) in [5.74, 6) is 0.305. The Morgan fingerprint density at radius 1 is 1.43 bits per heavy atom. The summed E-state index contributed by atoms with van der Waals surface area (Å²) in [7, 11) is 0. The van der Waals surface area contributed by atoms with Gasteiger partial charge in [-0.3, -0.25) is 4.79 Å². The standard InChI is InChI=1S/C12H23NO/c1-6-10(14)13-9-7-8-12(13,5)11(2,3)4/h6-9H2,1-5H3. The second-order valence-corrected chi connectivity index (χ2v) is 5.53. The SMILES string of the molecule is CCC(=O)N1CCCC1(C)C(C)(C)C. The van der Waals surface area contributed by atoms with Crippen molar-refractivity contribution in [2.75, 3.05) is 6.54 Å². The molecule has 14 heavy (non-hydrogen) atoms. The summed E-state index contributed by atoms with van der Waals surface area (Å²) < 4.78 is 0. The molecule has 0 bridgehead atoms. The molecule has 1 heterocycles. The minimum Gasteiger partial charge on any atom is -0.337 e. The van der Waals surface area contributed by atoms with Gasteiger partial charge >= 0.3 is 0 Å². The molecule has 0 N–H and O–H groups in total. The molecular formula is C12H23NO. The average molecular weight is 197 g/mol. The Hall–Kier alpha value is -0.530. The molecule has 1 saturated heterocycles. The molecule has 1 aliphatic heterocycles. The molecule has 1 atom stereocenters. The van der Waals surface area contributed by atoms with Gasteiger partial charge in [0.15, 0.2) is 0 Å². The summed E-state index contributed by atoms with van der Waals surface area (Å²) in [4.78, 5) is 13.9. The number of likely N-dealkylation sites (tertiary alicyclic amines) is 1. The maximum absolute atomic E-state index is 11.8. The van der Waals surface area contributed by atoms with E-state index in [2.05, 4.69) is 32.6 Å². The van der Waals surface area contributed by atoms with Crippen molar-refractivity contribution in [1.82, 2.24) is 4.90 Å². The summed E-state index contributed by atoms with van der Waals surface area (Å²) in [6, 6.07) is 0. The van der Waals surface area contributed by atoms with Crippen LogP contribution in [0.1, 0.15) is 53.9 Å². The molecule has 0 aromatic carbocycles. The summed E-state index contributed by atoms with van der Waals surface area (Å²) >= 11 is 0. The third-order valence-corrected chi connectivity index (χ3v) is 3.86. The van der Waals surface area contributed by atoms with E-state index in [0.29, 0.717) is 12.3 Å². The Balaban J connectivity index is 2.92. The van der Waals surface area contributed by atoms with Crippen LogP contribution in [0.2, 0.25) is 0 Å². The van der Waals surface area contributed by atoms with Gasteiger partial charge in [-0.1, -0.05) is 27.7 Å². The Morgan fingerprint density at radius 3 is 2.43 bits per heavy atom. The van der Waals surface area contributed by atoms with Gasteiger partial charge in [-0.25, -0.2) is 0 Å². The number of nitrogens with zero attached hydrogens (tertiary/aromatic N) is 1. The number of carbonyl (C=O) groups is 1. The van der Waals surface area contributed by atoms with Crippen LogP contribution in [0, 0.1) is 5.41 Å². The Labute approximate surface area is 87.7 Å². The molecule has 0 spiro atoms. The maximum atomic E-state index is 11.8. The van der Waals surface area contributed by atoms with Gasteiger partial charge in [0.05, 0.1) is 0 Å². The van der Waals surface area contributed by atoms with E-state index in [1.807, 2.05) is 6.92 Å². The smallest absolute Gasteiger partial charge is 0.222 e. The normalized spacial score (nSPS) is 28.2. The predicted molar refractivity (Wildman–Crippen MR) is 59.1 cm³/mol. The molecule has 1 fully saturated rings. The second-order valence-electron chi connectivity index (χ2n) is 5.53. The molecule has 0 saturated carbocycles. The van der Waals surface area contributed by atoms with Crippen molar-refractivity contribution >= 4 is 5.91 Å². The van der Waals surface area contributed by atoms with Crippen molar-refractivity contribution in [2.45, 2.75) is 59.4 Å². The highest BCUT2D eigenvalue weighted by Gasteiger charge is 2.47. The Kier molecular flexibility index (Phi) is 2.93. The van der Waals surface area contributed by atoms with E-state index in [1.54, 1.807) is 0 Å². The van der Waals surface area contributed by atoms with E-state index in [9.17, 15) is 4.79 Å². The quantitative estimate of drug-likeness (QED) is 0.633. The fraction of sp³-hybridized carbons (Fsp3) is 0.917. The lowest BCUT2D eigenvalue weighted by Crippen LogP contribution is -2.53. The molecule has 1 aliphatic rings. The van der Waals surface area contributed by atoms with Crippen LogP contribution in [0.5, 0.6) is 0 Å². The third kappa shape index (κ3) is 1.67. The van der Waals surface area contributed by atoms with Gasteiger partial charge in [-0.15, -0.1) is 0 Å². The van der Waals surface area contributed by atoms with E-state index < -0.39 is 0 Å². The van der Waals surface area contributed by atoms with Crippen LogP contribution in [-0.4, -0.2) is 22.9 Å². The van der Waals surface area contributed by atoms with Gasteiger partial charge in [0.2, 0.25) is 5.91 Å². The highest BCUT2D eigenvalue weighted by Crippen LogP contribution is 2.43. The minimum atomic E-state index is 0.0556. The van der Waals surface area contributed by atoms with Gasteiger partial charge in [0, 0.05) is 18.5 Å². The Morgan fingerprint density at radius 2 is 2.00 bits per heavy atom. The first-order valence-corrected chi connectivity index (χ1v) is 5.63. The third-order valence-electron chi connectivity index (χ3n) is 3.86. The highest BCUT2D eigenvalue weighted by molar-refractivity contribution is 5.77. The van der Waals surface area contributed by atoms with Crippen LogP contribution < -0.4 is 0 Å². The van der Waals surface area contributed by atoms with Crippen molar-refractivity contribution in [3.05, 3.63) is 0 Å². The van der Waals surface area contributed by atoms with Crippen LogP contribution in [0.15, 0.2) is 0 Å². The zero-order valence-electron chi connectivity index (χ0n) is 10.2. The monoisotopic (exact) mass is 197 g/mol. The van der Waals surface area contributed by atoms with Gasteiger partial charge in [0.25, 0.3) is 0 Å². The van der Waals surface area contributed by atoms with Crippen molar-refractivity contribution in [2.24, 2.45) is 5.41 Å². The van der Waals surface area contributed by atoms with Crippen LogP contribution >= 0.6 is 0 Å². The number of hydrogen-bond acceptors (Lipinski definition) is 1. The van der Waals surface area contributed by atoms with Crippen molar-refractivity contribution in [1.29, 1.82) is 0 Å². The van der Waals surface area contributed by atoms with Gasteiger partial charge in [0.1, 0.15) is 0 Å². The molecule has 82 valence electrons. The molecule has 1 rings (SSSR count). The molecule has 0 radical (unpaired) electrons. The summed E-state index contributed by atoms with van der Waals surface area (Å²) in [5, 5.41) is 0. The summed E-state index contributed by atoms with van der Waals surface area (Å²) in [6.07, 6.45) is 2.92. The minimum absolute atomic E-state index is 0.0556. The number of amides is 1. The lowest BCUT2D eigenvalue weighted by atomic mass is 9.73. The second kappa shape index (κ2) is 3.56. The molecule has 2 heteroatoms. The lowest BCUT2D eigenvalue weighted by Gasteiger charge is -2.45. The van der Waals surface area contributed by atoms with E-state index in [4.69, 9.17) is 0 Å². The largest absolute Gasteiger partial charge is 0.337 e. The first kappa shape index (κ1) is 11.5. The van der Waals surface area contributed by atoms with Crippen LogP contribution in [0.25, 0.3) is 0 Å². The molecular weight excluding hydrogens is 174 g/mol. The Bertz CT molecular complexity index is 229. The molecule has 2 nitrogen and oxygen atoms in total. The van der Waals surface area contributed by atoms with Crippen molar-refractivity contribution < 1.29 is 4.79 Å². The number of rotatable bonds is 1. The first-order valence-electron chi connectivity index (χ1n) is 5.63. The summed E-state index contributed by atoms with van der Waals surface area (Å²) in [6.45, 7) is 11.8. The van der Waals surface area contributed by atoms with E-state index >= 15 is 0 Å². The lowest BCUT2D eigenvalue weighted by molar-refractivity contribution is -0.138. The molecule has 1 unspecified atom stereocenters. The average Bonchev–Trinajstić information content (AvgIpc) is 2.46. The number of hydrogen-bond donors (Lipinski definition) is 0. The zero-order valence-corrected chi connectivity index (χ0v) is 10.2. The number of carbonyl (C=O) groups excluding carboxylic acids is 1. The topological polar surface area (TPSA) is 20.3 Å². The van der Waals surface area contributed by atoms with Crippen molar-refractivity contribution in [3.8, 4) is 0 Å². The summed E-state index contributed by atoms with van der Waals surface area (Å²) in [5.41, 5.74) is 0.231. The van der Waals surface area contributed by atoms with Crippen LogP contribution in [-0.2, 0) is 4.79 Å². The van der Waals surface area contributed by atoms with E-state index in [1.165, 1.54) is 0 Å². The highest BCUT2D eigenvalue weighted by atomic mass is 16.2. The van der Waals surface area contributed by atoms with Crippen LogP contribution in [0.3, 0.4) is 0 Å². The van der Waals surface area contributed by atoms with Crippen LogP contribution in [0.4, 0.5) is 0 Å². The fourth-order valence-corrected chi connectivity index (χ4v) is 2.33. The zero-order chi connectivity index (χ0) is 11.0. The van der Waals surface area contributed by atoms with Gasteiger partial charge in [-0.05, 0) is 25.2 Å². The molecule has 0 aromatic heterocycles. The van der Waals surface area contributed by atoms with Gasteiger partial charge in [-0.2, -0.15) is 0 Å². The van der Waals surface area contributed by atoms with Crippen molar-refractivity contribution in [3.63, 3.8) is 0 Å². The molecule has 1 amide bonds. The van der Waals surface area contributed by atoms with E-state index in [0.717, 1.165) is 19.4 Å². The predicted octanol–water partition coefficient (Wildman–Crippen LogP) is 2.82. The maximum Gasteiger partial charge on any atom is 0.222 e. The van der Waals surface area contributed by atoms with E-state index in [-0.39, 0.29) is 11.0 Å².